The standard InChI is InChI=1S/C27H38F6O7.C25H36F4O7/c28-26(29,30)24-6-16(21(8-24)38-13-18-11-35-18)1-3-22(24)39-10-17(34)9-37-20-7-25(27(31,32)33)5-15(20)2-4-23(25)40-14-19-12-36-19;26-22-4-2-19(35-11-16-9-31-16)25(29,13-22)5-20(22)34-8-15(30)7-33-18-1-3-23(27)14-24(18,28)6-21(23)36-12-17-10-32-17/h15-23,34H,1-14H2;15-21,30H,1-14H2. The van der Waals surface area contributed by atoms with Gasteiger partial charge in [-0.25, -0.2) is 17.6 Å². The molecular weight excluding hydrogens is 1040 g/mol. The summed E-state index contributed by atoms with van der Waals surface area (Å²) in [6.45, 7) is 2.04. The highest BCUT2D eigenvalue weighted by molar-refractivity contribution is 5.15. The summed E-state index contributed by atoms with van der Waals surface area (Å²) in [4.78, 5) is 0. The lowest BCUT2D eigenvalue weighted by Crippen LogP contribution is -2.49. The number of hydrogen-bond acceptors (Lipinski definition) is 14. The topological polar surface area (TPSA) is 164 Å². The average molecular weight is 1110 g/mol. The summed E-state index contributed by atoms with van der Waals surface area (Å²) in [5, 5.41) is 20.9. The highest BCUT2D eigenvalue weighted by Crippen LogP contribution is 2.63. The van der Waals surface area contributed by atoms with Gasteiger partial charge in [-0.15, -0.1) is 0 Å². The number of fused-ring (bicyclic) bond motifs is 8. The van der Waals surface area contributed by atoms with Crippen molar-refractivity contribution in [3.8, 4) is 0 Å². The van der Waals surface area contributed by atoms with Crippen molar-refractivity contribution in [2.45, 2.75) is 223 Å². The fourth-order valence-corrected chi connectivity index (χ4v) is 14.5. The zero-order chi connectivity index (χ0) is 53.5. The minimum Gasteiger partial charge on any atom is -0.388 e. The first-order valence-corrected chi connectivity index (χ1v) is 27.6. The molecule has 12 aliphatic rings. The molecule has 76 heavy (non-hydrogen) atoms. The molecule has 12 fully saturated rings. The van der Waals surface area contributed by atoms with Gasteiger partial charge in [-0.2, -0.15) is 26.3 Å². The lowest BCUT2D eigenvalue weighted by atomic mass is 9.72. The predicted octanol–water partition coefficient (Wildman–Crippen LogP) is 6.88. The van der Waals surface area contributed by atoms with Crippen molar-refractivity contribution in [1.29, 1.82) is 0 Å². The second kappa shape index (κ2) is 21.5. The molecular formula is C52H74F10O14. The smallest absolute Gasteiger partial charge is 0.388 e. The van der Waals surface area contributed by atoms with E-state index in [2.05, 4.69) is 0 Å². The Hall–Kier alpha value is -1.26. The van der Waals surface area contributed by atoms with Crippen LogP contribution < -0.4 is 0 Å². The molecule has 436 valence electrons. The summed E-state index contributed by atoms with van der Waals surface area (Å²) in [7, 11) is 0. The van der Waals surface area contributed by atoms with E-state index in [0.29, 0.717) is 45.9 Å². The molecule has 0 aromatic carbocycles. The number of alkyl halides is 10. The van der Waals surface area contributed by atoms with Gasteiger partial charge in [-0.1, -0.05) is 0 Å². The van der Waals surface area contributed by atoms with Crippen LogP contribution in [0.5, 0.6) is 0 Å². The molecule has 24 heteroatoms. The number of aliphatic hydroxyl groups is 2. The van der Waals surface area contributed by atoms with E-state index in [4.69, 9.17) is 56.8 Å². The quantitative estimate of drug-likeness (QED) is 0.0759. The van der Waals surface area contributed by atoms with Crippen LogP contribution in [0.4, 0.5) is 43.9 Å². The third kappa shape index (κ3) is 12.0. The van der Waals surface area contributed by atoms with Gasteiger partial charge in [0.25, 0.3) is 0 Å². The Labute approximate surface area is 435 Å². The van der Waals surface area contributed by atoms with Crippen molar-refractivity contribution in [2.75, 3.05) is 79.3 Å². The SMILES string of the molecule is OC(COC1CC2(C(F)(F)F)CC1CCC2OCC1CO1)COC1CCC2CC1(C(F)(F)F)CC2OCC1CO1.OC(COC1CC2(F)CC1(F)CCC2OCC1CO1)COC1CCC2(F)CC1(F)CC2OCC1CO1. The molecule has 14 nitrogen and oxygen atoms in total. The van der Waals surface area contributed by atoms with Crippen LogP contribution >= 0.6 is 0 Å². The van der Waals surface area contributed by atoms with E-state index in [-0.39, 0.29) is 172 Å². The molecule has 0 radical (unpaired) electrons. The fraction of sp³-hybridized carbons (Fsp3) is 1.00. The van der Waals surface area contributed by atoms with Gasteiger partial charge < -0.3 is 67.1 Å². The summed E-state index contributed by atoms with van der Waals surface area (Å²) < 4.78 is 214. The van der Waals surface area contributed by atoms with Crippen molar-refractivity contribution in [3.05, 3.63) is 0 Å². The molecule has 22 atom stereocenters. The van der Waals surface area contributed by atoms with Crippen LogP contribution in [-0.4, -0.2) is 210 Å². The predicted molar refractivity (Wildman–Crippen MR) is 242 cm³/mol. The van der Waals surface area contributed by atoms with Gasteiger partial charge in [0.1, 0.15) is 59.3 Å². The molecule has 4 heterocycles. The molecule has 0 aromatic rings. The van der Waals surface area contributed by atoms with Crippen LogP contribution in [0.1, 0.15) is 103 Å². The molecule has 8 bridgehead atoms. The summed E-state index contributed by atoms with van der Waals surface area (Å²) in [5.41, 5.74) is -11.3. The van der Waals surface area contributed by atoms with Gasteiger partial charge in [-0.05, 0) is 88.9 Å². The van der Waals surface area contributed by atoms with Crippen molar-refractivity contribution in [2.24, 2.45) is 22.7 Å². The molecule has 8 aliphatic carbocycles. The van der Waals surface area contributed by atoms with Crippen LogP contribution in [0.3, 0.4) is 0 Å². The molecule has 0 amide bonds. The molecule has 12 rings (SSSR count). The van der Waals surface area contributed by atoms with E-state index >= 15 is 17.6 Å². The molecule has 0 aromatic heterocycles. The number of aliphatic hydroxyl groups excluding tert-OH is 2. The van der Waals surface area contributed by atoms with Crippen LogP contribution in [-0.2, 0) is 56.8 Å². The number of hydrogen-bond donors (Lipinski definition) is 2. The van der Waals surface area contributed by atoms with Crippen LogP contribution in [0.25, 0.3) is 0 Å². The van der Waals surface area contributed by atoms with E-state index < -0.39 is 107 Å². The normalized spacial score (nSPS) is 48.3. The first-order valence-electron chi connectivity index (χ1n) is 27.6. The fourth-order valence-electron chi connectivity index (χ4n) is 14.5. The lowest BCUT2D eigenvalue weighted by molar-refractivity contribution is -0.271. The van der Waals surface area contributed by atoms with E-state index in [1.165, 1.54) is 0 Å². The molecule has 4 aliphatic heterocycles. The monoisotopic (exact) mass is 1110 g/mol. The van der Waals surface area contributed by atoms with Crippen molar-refractivity contribution >= 4 is 0 Å². The maximum absolute atomic E-state index is 15.6. The minimum atomic E-state index is -4.50. The summed E-state index contributed by atoms with van der Waals surface area (Å²) >= 11 is 0. The van der Waals surface area contributed by atoms with Gasteiger partial charge in [0.05, 0.1) is 139 Å². The third-order valence-corrected chi connectivity index (χ3v) is 19.1. The Morgan fingerprint density at radius 2 is 0.737 bits per heavy atom. The van der Waals surface area contributed by atoms with Crippen molar-refractivity contribution in [3.63, 3.8) is 0 Å². The van der Waals surface area contributed by atoms with Gasteiger partial charge in [-0.3, -0.25) is 0 Å². The van der Waals surface area contributed by atoms with Crippen molar-refractivity contribution in [1.82, 2.24) is 0 Å². The van der Waals surface area contributed by atoms with Gasteiger partial charge in [0, 0.05) is 25.7 Å². The van der Waals surface area contributed by atoms with E-state index in [1.807, 2.05) is 0 Å². The highest BCUT2D eigenvalue weighted by atomic mass is 19.4. The van der Waals surface area contributed by atoms with Crippen LogP contribution in [0.2, 0.25) is 0 Å². The zero-order valence-electron chi connectivity index (χ0n) is 42.6. The number of rotatable bonds is 24. The van der Waals surface area contributed by atoms with Gasteiger partial charge in [0.2, 0.25) is 0 Å². The van der Waals surface area contributed by atoms with Crippen molar-refractivity contribution < 1.29 is 111 Å². The molecule has 4 saturated heterocycles. The first kappa shape index (κ1) is 56.6. The van der Waals surface area contributed by atoms with Gasteiger partial charge >= 0.3 is 12.4 Å². The van der Waals surface area contributed by atoms with E-state index in [1.54, 1.807) is 0 Å². The average Bonchev–Trinajstić information content (AvgIpc) is 4.17. The van der Waals surface area contributed by atoms with Crippen LogP contribution in [0.15, 0.2) is 0 Å². The van der Waals surface area contributed by atoms with E-state index in [9.17, 15) is 36.6 Å². The Morgan fingerprint density at radius 3 is 1.18 bits per heavy atom. The largest absolute Gasteiger partial charge is 0.397 e. The zero-order valence-corrected chi connectivity index (χ0v) is 42.6. The maximum Gasteiger partial charge on any atom is 0.397 e. The Bertz CT molecular complexity index is 1980. The maximum atomic E-state index is 15.6. The summed E-state index contributed by atoms with van der Waals surface area (Å²) in [6, 6.07) is 0. The third-order valence-electron chi connectivity index (χ3n) is 19.1. The summed E-state index contributed by atoms with van der Waals surface area (Å²) in [5.74, 6) is -0.534. The first-order chi connectivity index (χ1) is 36.0. The highest BCUT2D eigenvalue weighted by Gasteiger charge is 2.70. The Kier molecular flexibility index (Phi) is 16.0. The molecule has 8 saturated carbocycles. The minimum absolute atomic E-state index is 0.00295. The number of ether oxygens (including phenoxy) is 12. The van der Waals surface area contributed by atoms with Gasteiger partial charge in [0.15, 0.2) is 0 Å². The Morgan fingerprint density at radius 1 is 0.395 bits per heavy atom. The lowest BCUT2D eigenvalue weighted by Gasteiger charge is -2.42. The second-order valence-electron chi connectivity index (χ2n) is 24.6. The molecule has 2 N–H and O–H groups in total. The molecule has 0 spiro atoms. The number of halogens is 10. The summed E-state index contributed by atoms with van der Waals surface area (Å²) in [6.07, 6.45) is -17.6. The number of epoxide rings is 4. The van der Waals surface area contributed by atoms with Crippen LogP contribution in [0, 0.1) is 22.7 Å². The Balaban J connectivity index is 0.000000163. The second-order valence-corrected chi connectivity index (χ2v) is 24.6. The van der Waals surface area contributed by atoms with E-state index in [0.717, 1.165) is 0 Å². The molecule has 22 unspecified atom stereocenters.